The second-order valence-corrected chi connectivity index (χ2v) is 9.93. The molecule has 40 heavy (non-hydrogen) atoms. The number of anilines is 1. The largest absolute Gasteiger partial charge is 0.459 e. The summed E-state index contributed by atoms with van der Waals surface area (Å²) < 4.78 is 10.6. The van der Waals surface area contributed by atoms with E-state index in [0.717, 1.165) is 13.1 Å². The van der Waals surface area contributed by atoms with E-state index in [0.29, 0.717) is 35.6 Å². The molecule has 5 rings (SSSR count). The molecule has 0 amide bonds. The van der Waals surface area contributed by atoms with Crippen LogP contribution in [0.25, 0.3) is 11.0 Å². The number of fused-ring (bicyclic) bond motifs is 1. The third-order valence-corrected chi connectivity index (χ3v) is 7.14. The smallest absolute Gasteiger partial charge is 0.330 e. The number of nitriles is 1. The summed E-state index contributed by atoms with van der Waals surface area (Å²) in [5.41, 5.74) is 4.16. The third-order valence-electron chi connectivity index (χ3n) is 7.14. The van der Waals surface area contributed by atoms with Crippen LogP contribution in [0.2, 0.25) is 0 Å². The quantitative estimate of drug-likeness (QED) is 0.284. The van der Waals surface area contributed by atoms with Crippen LogP contribution < -0.4 is 4.90 Å². The summed E-state index contributed by atoms with van der Waals surface area (Å²) in [7, 11) is 1.54. The molecule has 4 aromatic rings. The minimum atomic E-state index is -1.20. The number of rotatable bonds is 9. The van der Waals surface area contributed by atoms with Crippen LogP contribution in [-0.4, -0.2) is 66.8 Å². The summed E-state index contributed by atoms with van der Waals surface area (Å²) in [5, 5.41) is 10.1. The van der Waals surface area contributed by atoms with Crippen LogP contribution in [0.1, 0.15) is 35.7 Å². The maximum absolute atomic E-state index is 13.1. The zero-order valence-electron chi connectivity index (χ0n) is 22.8. The Bertz CT molecular complexity index is 1430. The lowest BCUT2D eigenvalue weighted by molar-refractivity contribution is -0.150. The first-order valence-electron chi connectivity index (χ1n) is 13.5. The van der Waals surface area contributed by atoms with Gasteiger partial charge in [-0.05, 0) is 30.2 Å². The Kier molecular flexibility index (Phi) is 8.65. The molecule has 0 bridgehead atoms. The predicted molar refractivity (Wildman–Crippen MR) is 154 cm³/mol. The summed E-state index contributed by atoms with van der Waals surface area (Å²) in [6, 6.07) is 30.8. The summed E-state index contributed by atoms with van der Waals surface area (Å²) in [4.78, 5) is 27.4. The van der Waals surface area contributed by atoms with Crippen LogP contribution in [0, 0.1) is 11.3 Å². The molecule has 1 fully saturated rings. The first kappa shape index (κ1) is 27.3. The number of esters is 1. The van der Waals surface area contributed by atoms with Crippen LogP contribution >= 0.6 is 0 Å². The van der Waals surface area contributed by atoms with Gasteiger partial charge in [-0.1, -0.05) is 72.8 Å². The lowest BCUT2D eigenvalue weighted by Gasteiger charge is -2.40. The lowest BCUT2D eigenvalue weighted by atomic mass is 9.96. The molecule has 2 atom stereocenters. The predicted octanol–water partition coefficient (Wildman–Crippen LogP) is 4.73. The minimum absolute atomic E-state index is 0.121. The normalized spacial score (nSPS) is 15.5. The number of para-hydroxylation sites is 2. The molecule has 0 radical (unpaired) electrons. The van der Waals surface area contributed by atoms with Crippen molar-refractivity contribution in [3.05, 3.63) is 102 Å². The van der Waals surface area contributed by atoms with Gasteiger partial charge in [0, 0.05) is 33.3 Å². The zero-order chi connectivity index (χ0) is 27.9. The van der Waals surface area contributed by atoms with E-state index in [1.54, 1.807) is 14.0 Å². The summed E-state index contributed by atoms with van der Waals surface area (Å²) in [5.74, 6) is -1.30. The molecule has 0 N–H and O–H groups in total. The van der Waals surface area contributed by atoms with Gasteiger partial charge in [0.25, 0.3) is 0 Å². The Balaban J connectivity index is 1.44. The second kappa shape index (κ2) is 12.7. The van der Waals surface area contributed by atoms with Crippen molar-refractivity contribution in [1.29, 1.82) is 5.26 Å². The number of benzene rings is 3. The topological polar surface area (TPSA) is 91.6 Å². The van der Waals surface area contributed by atoms with Crippen molar-refractivity contribution < 1.29 is 14.3 Å². The van der Waals surface area contributed by atoms with E-state index in [9.17, 15) is 10.1 Å². The van der Waals surface area contributed by atoms with Gasteiger partial charge in [0.2, 0.25) is 0 Å². The van der Waals surface area contributed by atoms with Gasteiger partial charge in [0.1, 0.15) is 11.8 Å². The van der Waals surface area contributed by atoms with Crippen molar-refractivity contribution in [2.75, 3.05) is 44.8 Å². The molecule has 0 aliphatic carbocycles. The van der Waals surface area contributed by atoms with E-state index in [1.807, 2.05) is 36.4 Å². The number of carbonyl (C=O) groups excluding carboxylic acids is 1. The van der Waals surface area contributed by atoms with Crippen molar-refractivity contribution >= 4 is 22.8 Å². The van der Waals surface area contributed by atoms with E-state index < -0.39 is 18.0 Å². The third kappa shape index (κ3) is 5.96. The Labute approximate surface area is 234 Å². The fraction of sp³-hybridized carbons (Fsp3) is 0.312. The highest BCUT2D eigenvalue weighted by Gasteiger charge is 2.33. The second-order valence-electron chi connectivity index (χ2n) is 9.93. The Morgan fingerprint density at radius 3 is 1.98 bits per heavy atom. The fourth-order valence-electron chi connectivity index (χ4n) is 5.27. The average Bonchev–Trinajstić information content (AvgIpc) is 2.99. The van der Waals surface area contributed by atoms with Gasteiger partial charge in [-0.2, -0.15) is 5.26 Å². The number of aromatic nitrogens is 2. The molecule has 8 nitrogen and oxygen atoms in total. The highest BCUT2D eigenvalue weighted by Crippen LogP contribution is 2.33. The molecule has 8 heteroatoms. The van der Waals surface area contributed by atoms with E-state index >= 15 is 0 Å². The summed E-state index contributed by atoms with van der Waals surface area (Å²) in [6.07, 6.45) is -0.485. The van der Waals surface area contributed by atoms with Gasteiger partial charge in [-0.15, -0.1) is 0 Å². The zero-order valence-corrected chi connectivity index (χ0v) is 22.8. The van der Waals surface area contributed by atoms with E-state index in [-0.39, 0.29) is 12.6 Å². The van der Waals surface area contributed by atoms with E-state index in [4.69, 9.17) is 19.4 Å². The number of nitrogens with zero attached hydrogens (tertiary/aromatic N) is 5. The highest BCUT2D eigenvalue weighted by atomic mass is 16.6. The molecule has 1 saturated heterocycles. The maximum atomic E-state index is 13.1. The van der Waals surface area contributed by atoms with Crippen LogP contribution in [0.4, 0.5) is 5.82 Å². The van der Waals surface area contributed by atoms with Crippen molar-refractivity contribution in [2.24, 2.45) is 0 Å². The fourth-order valence-corrected chi connectivity index (χ4v) is 5.27. The van der Waals surface area contributed by atoms with Crippen LogP contribution in [0.5, 0.6) is 0 Å². The van der Waals surface area contributed by atoms with Gasteiger partial charge < -0.3 is 14.4 Å². The molecule has 2 heterocycles. The molecule has 1 aliphatic heterocycles. The van der Waals surface area contributed by atoms with Gasteiger partial charge in [-0.3, -0.25) is 9.69 Å². The number of hydrogen-bond donors (Lipinski definition) is 0. The minimum Gasteiger partial charge on any atom is -0.459 e. The Morgan fingerprint density at radius 1 is 0.875 bits per heavy atom. The van der Waals surface area contributed by atoms with E-state index in [2.05, 4.69) is 64.4 Å². The van der Waals surface area contributed by atoms with Gasteiger partial charge in [0.05, 0.1) is 29.8 Å². The number of carbonyl (C=O) groups is 1. The SMILES string of the molecule is COC[C@H](C)OC(=O)[C@@H](C#N)c1nc2ccccc2nc1N1CCN(C(c2ccccc2)c2ccccc2)CC1. The van der Waals surface area contributed by atoms with Crippen LogP contribution in [0.15, 0.2) is 84.9 Å². The van der Waals surface area contributed by atoms with Crippen LogP contribution in [-0.2, 0) is 14.3 Å². The number of methoxy groups -OCH3 is 1. The monoisotopic (exact) mass is 535 g/mol. The maximum Gasteiger partial charge on any atom is 0.330 e. The van der Waals surface area contributed by atoms with Gasteiger partial charge in [-0.25, -0.2) is 9.97 Å². The molecule has 1 aromatic heterocycles. The van der Waals surface area contributed by atoms with Crippen molar-refractivity contribution in [3.8, 4) is 6.07 Å². The van der Waals surface area contributed by atoms with Gasteiger partial charge >= 0.3 is 5.97 Å². The van der Waals surface area contributed by atoms with Crippen LogP contribution in [0.3, 0.4) is 0 Å². The molecule has 0 unspecified atom stereocenters. The van der Waals surface area contributed by atoms with Gasteiger partial charge in [0.15, 0.2) is 11.7 Å². The standard InChI is InChI=1S/C32H33N5O3/c1-23(22-39-2)40-32(38)26(21-33)29-31(35-28-16-10-9-15-27(28)34-29)37-19-17-36(18-20-37)30(24-11-5-3-6-12-24)25-13-7-4-8-14-25/h3-16,23,26,30H,17-20,22H2,1-2H3/t23-,26-/m0/s1. The van der Waals surface area contributed by atoms with Crippen molar-refractivity contribution in [3.63, 3.8) is 0 Å². The summed E-state index contributed by atoms with van der Waals surface area (Å²) >= 11 is 0. The molecule has 204 valence electrons. The Hall–Kier alpha value is -4.32. The Morgan fingerprint density at radius 2 is 1.43 bits per heavy atom. The highest BCUT2D eigenvalue weighted by molar-refractivity contribution is 5.85. The van der Waals surface area contributed by atoms with E-state index in [1.165, 1.54) is 11.1 Å². The number of piperazine rings is 1. The molecular weight excluding hydrogens is 502 g/mol. The van der Waals surface area contributed by atoms with Crippen molar-refractivity contribution in [2.45, 2.75) is 25.0 Å². The molecule has 3 aromatic carbocycles. The number of ether oxygens (including phenoxy) is 2. The summed E-state index contributed by atoms with van der Waals surface area (Å²) in [6.45, 7) is 4.86. The molecular formula is C32H33N5O3. The van der Waals surface area contributed by atoms with Crippen molar-refractivity contribution in [1.82, 2.24) is 14.9 Å². The average molecular weight is 536 g/mol. The lowest BCUT2D eigenvalue weighted by Crippen LogP contribution is -2.48. The molecule has 0 saturated carbocycles. The molecule has 0 spiro atoms. The first-order chi connectivity index (χ1) is 19.6. The number of hydrogen-bond acceptors (Lipinski definition) is 8. The molecule has 1 aliphatic rings. The first-order valence-corrected chi connectivity index (χ1v) is 13.5.